The molecule has 1 N–H and O–H groups in total. The quantitative estimate of drug-likeness (QED) is 0.257. The van der Waals surface area contributed by atoms with Gasteiger partial charge in [0.15, 0.2) is 0 Å². The number of carbonyl (C=O) groups excluding carboxylic acids is 2. The minimum absolute atomic E-state index is 0.186. The van der Waals surface area contributed by atoms with Gasteiger partial charge in [-0.1, -0.05) is 29.8 Å². The summed E-state index contributed by atoms with van der Waals surface area (Å²) >= 11 is 7.52. The molecule has 0 atom stereocenters. The van der Waals surface area contributed by atoms with Crippen molar-refractivity contribution in [2.75, 3.05) is 24.3 Å². The Kier molecular flexibility index (Phi) is 7.85. The van der Waals surface area contributed by atoms with Crippen LogP contribution in [-0.4, -0.2) is 50.1 Å². The first-order valence-corrected chi connectivity index (χ1v) is 13.4. The van der Waals surface area contributed by atoms with Gasteiger partial charge in [0.25, 0.3) is 11.5 Å². The maximum Gasteiger partial charge on any atom is 0.280 e. The average Bonchev–Trinajstić information content (AvgIpc) is 3.59. The molecule has 0 aliphatic rings. The number of aromatic nitrogens is 5. The fourth-order valence-electron chi connectivity index (χ4n) is 4.14. The molecule has 4 heterocycles. The van der Waals surface area contributed by atoms with Crippen LogP contribution < -0.4 is 15.8 Å². The Bertz CT molecular complexity index is 1730. The minimum Gasteiger partial charge on any atom is -0.373 e. The fourth-order valence-corrected chi connectivity index (χ4v) is 5.17. The topological polar surface area (TPSA) is 115 Å². The van der Waals surface area contributed by atoms with Crippen molar-refractivity contribution in [2.24, 2.45) is 0 Å². The number of pyridine rings is 1. The molecule has 0 aliphatic carbocycles. The second kappa shape index (κ2) is 11.6. The third-order valence-electron chi connectivity index (χ3n) is 6.04. The number of benzene rings is 1. The van der Waals surface area contributed by atoms with Crippen LogP contribution in [0.2, 0.25) is 4.34 Å². The van der Waals surface area contributed by atoms with Crippen molar-refractivity contribution in [1.82, 2.24) is 24.3 Å². The van der Waals surface area contributed by atoms with Crippen LogP contribution in [0.25, 0.3) is 11.3 Å². The number of hydrogen-bond donors (Lipinski definition) is 1. The highest BCUT2D eigenvalue weighted by molar-refractivity contribution is 7.16. The van der Waals surface area contributed by atoms with Gasteiger partial charge in [0, 0.05) is 48.6 Å². The number of Topliss-reactive ketones (excluding diaryl/α,β-unsaturated/α-hetero) is 1. The van der Waals surface area contributed by atoms with Crippen LogP contribution in [0, 0.1) is 0 Å². The summed E-state index contributed by atoms with van der Waals surface area (Å²) in [7, 11) is 3.48. The summed E-state index contributed by atoms with van der Waals surface area (Å²) in [5.41, 5.74) is 1.57. The van der Waals surface area contributed by atoms with E-state index in [9.17, 15) is 14.4 Å². The minimum atomic E-state index is -0.378. The lowest BCUT2D eigenvalue weighted by Crippen LogP contribution is -2.30. The highest BCUT2D eigenvalue weighted by Crippen LogP contribution is 2.29. The van der Waals surface area contributed by atoms with Crippen molar-refractivity contribution in [3.05, 3.63) is 110 Å². The Balaban J connectivity index is 1.54. The SMILES string of the molecule is CN(C)c1c(-c2cc(NCc3ccc(Cl)s3)n(C(=O)c3ccccc3)n2)ccn(CC(=O)c2ccncn2)c1=O. The zero-order chi connectivity index (χ0) is 28.2. The zero-order valence-corrected chi connectivity index (χ0v) is 23.2. The summed E-state index contributed by atoms with van der Waals surface area (Å²) in [6, 6.07) is 17.5. The standard InChI is InChI=1S/C28H24ClN7O3S/c1-34(2)26-20(11-13-35(28(26)39)16-23(37)21-10-12-30-17-32-21)22-14-25(31-15-19-8-9-24(29)40-19)36(33-22)27(38)18-6-4-3-5-7-18/h3-14,17,31H,15-16H2,1-2H3. The lowest BCUT2D eigenvalue weighted by Gasteiger charge is -2.17. The van der Waals surface area contributed by atoms with Gasteiger partial charge in [-0.3, -0.25) is 14.4 Å². The number of thiophene rings is 1. The number of rotatable bonds is 9. The highest BCUT2D eigenvalue weighted by Gasteiger charge is 2.22. The Morgan fingerprint density at radius 2 is 1.88 bits per heavy atom. The molecule has 0 radical (unpaired) electrons. The number of nitrogens with zero attached hydrogens (tertiary/aromatic N) is 6. The molecule has 12 heteroatoms. The van der Waals surface area contributed by atoms with E-state index in [1.165, 1.54) is 39.2 Å². The first-order valence-electron chi connectivity index (χ1n) is 12.2. The molecule has 5 rings (SSSR count). The summed E-state index contributed by atoms with van der Waals surface area (Å²) in [6.45, 7) is 0.242. The van der Waals surface area contributed by atoms with Crippen molar-refractivity contribution in [2.45, 2.75) is 13.1 Å². The maximum atomic E-state index is 13.5. The van der Waals surface area contributed by atoms with Crippen LogP contribution in [0.3, 0.4) is 0 Å². The predicted molar refractivity (Wildman–Crippen MR) is 155 cm³/mol. The first kappa shape index (κ1) is 27.0. The van der Waals surface area contributed by atoms with Gasteiger partial charge in [-0.2, -0.15) is 9.78 Å². The molecule has 0 saturated heterocycles. The van der Waals surface area contributed by atoms with E-state index < -0.39 is 0 Å². The van der Waals surface area contributed by atoms with E-state index in [-0.39, 0.29) is 29.5 Å². The summed E-state index contributed by atoms with van der Waals surface area (Å²) in [5.74, 6) is -0.185. The monoisotopic (exact) mass is 573 g/mol. The second-order valence-corrected chi connectivity index (χ2v) is 10.8. The van der Waals surface area contributed by atoms with E-state index in [0.717, 1.165) is 4.88 Å². The summed E-state index contributed by atoms with van der Waals surface area (Å²) in [5, 5.41) is 7.90. The second-order valence-electron chi connectivity index (χ2n) is 8.98. The molecule has 4 aromatic heterocycles. The Morgan fingerprint density at radius 3 is 2.55 bits per heavy atom. The van der Waals surface area contributed by atoms with Crippen LogP contribution in [0.5, 0.6) is 0 Å². The number of hydrogen-bond acceptors (Lipinski definition) is 9. The normalized spacial score (nSPS) is 10.9. The van der Waals surface area contributed by atoms with Crippen LogP contribution in [0.4, 0.5) is 11.5 Å². The van der Waals surface area contributed by atoms with Gasteiger partial charge in [-0.25, -0.2) is 9.97 Å². The number of nitrogens with one attached hydrogen (secondary N) is 1. The van der Waals surface area contributed by atoms with E-state index >= 15 is 0 Å². The third-order valence-corrected chi connectivity index (χ3v) is 7.27. The average molecular weight is 574 g/mol. The van der Waals surface area contributed by atoms with Gasteiger partial charge >= 0.3 is 0 Å². The van der Waals surface area contributed by atoms with E-state index in [1.807, 2.05) is 18.2 Å². The maximum absolute atomic E-state index is 13.5. The van der Waals surface area contributed by atoms with Gasteiger partial charge in [0.05, 0.1) is 23.1 Å². The Hall–Kier alpha value is -4.61. The molecule has 40 heavy (non-hydrogen) atoms. The van der Waals surface area contributed by atoms with E-state index in [1.54, 1.807) is 61.6 Å². The molecule has 1 aromatic carbocycles. The molecule has 202 valence electrons. The van der Waals surface area contributed by atoms with Crippen molar-refractivity contribution in [3.63, 3.8) is 0 Å². The molecular formula is C28H24ClN7O3S. The molecule has 0 saturated carbocycles. The summed E-state index contributed by atoms with van der Waals surface area (Å²) in [4.78, 5) is 50.2. The van der Waals surface area contributed by atoms with Crippen LogP contribution >= 0.6 is 22.9 Å². The van der Waals surface area contributed by atoms with Crippen LogP contribution in [-0.2, 0) is 13.1 Å². The number of carbonyl (C=O) groups is 2. The molecule has 0 amide bonds. The van der Waals surface area contributed by atoms with Crippen molar-refractivity contribution in [3.8, 4) is 11.3 Å². The van der Waals surface area contributed by atoms with Gasteiger partial charge in [0.2, 0.25) is 5.78 Å². The number of ketones is 1. The first-order chi connectivity index (χ1) is 19.3. The molecule has 0 fully saturated rings. The Morgan fingerprint density at radius 1 is 1.07 bits per heavy atom. The van der Waals surface area contributed by atoms with Gasteiger partial charge in [-0.05, 0) is 36.4 Å². The largest absolute Gasteiger partial charge is 0.373 e. The predicted octanol–water partition coefficient (Wildman–Crippen LogP) is 4.47. The Labute approximate surface area is 238 Å². The molecule has 5 aromatic rings. The smallest absolute Gasteiger partial charge is 0.280 e. The van der Waals surface area contributed by atoms with E-state index in [4.69, 9.17) is 11.6 Å². The molecule has 10 nitrogen and oxygen atoms in total. The summed E-state index contributed by atoms with van der Waals surface area (Å²) < 4.78 is 3.29. The fraction of sp³-hybridized carbons (Fsp3) is 0.143. The van der Waals surface area contributed by atoms with Crippen molar-refractivity contribution >= 4 is 46.1 Å². The van der Waals surface area contributed by atoms with Crippen molar-refractivity contribution < 1.29 is 9.59 Å². The lowest BCUT2D eigenvalue weighted by atomic mass is 10.1. The molecular weight excluding hydrogens is 550 g/mol. The van der Waals surface area contributed by atoms with Gasteiger partial charge < -0.3 is 14.8 Å². The molecule has 0 spiro atoms. The van der Waals surface area contributed by atoms with Crippen LogP contribution in [0.1, 0.15) is 25.7 Å². The summed E-state index contributed by atoms with van der Waals surface area (Å²) in [6.07, 6.45) is 4.31. The van der Waals surface area contributed by atoms with Crippen molar-refractivity contribution in [1.29, 1.82) is 0 Å². The van der Waals surface area contributed by atoms with E-state index in [0.29, 0.717) is 39.2 Å². The number of anilines is 2. The van der Waals surface area contributed by atoms with E-state index in [2.05, 4.69) is 20.4 Å². The van der Waals surface area contributed by atoms with Gasteiger partial charge in [0.1, 0.15) is 23.5 Å². The van der Waals surface area contributed by atoms with Gasteiger partial charge in [-0.15, -0.1) is 11.3 Å². The zero-order valence-electron chi connectivity index (χ0n) is 21.6. The molecule has 0 bridgehead atoms. The molecule has 0 aliphatic heterocycles. The van der Waals surface area contributed by atoms with Crippen LogP contribution in [0.15, 0.2) is 84.2 Å². The third kappa shape index (κ3) is 5.70. The lowest BCUT2D eigenvalue weighted by molar-refractivity contribution is 0.0945. The highest BCUT2D eigenvalue weighted by atomic mass is 35.5. The number of halogens is 1. The molecule has 0 unspecified atom stereocenters.